The Labute approximate surface area is 150 Å². The second-order valence-corrected chi connectivity index (χ2v) is 8.14. The first-order valence-electron chi connectivity index (χ1n) is 8.30. The van der Waals surface area contributed by atoms with Crippen LogP contribution < -0.4 is 5.32 Å². The highest BCUT2D eigenvalue weighted by Gasteiger charge is 2.16. The van der Waals surface area contributed by atoms with Crippen LogP contribution in [0.4, 0.5) is 4.39 Å². The number of rotatable bonds is 6. The van der Waals surface area contributed by atoms with E-state index < -0.39 is 0 Å². The first-order valence-corrected chi connectivity index (χ1v) is 10.2. The molecule has 1 heterocycles. The number of thioether (sulfide) groups is 1. The van der Waals surface area contributed by atoms with Crippen molar-refractivity contribution in [1.82, 2.24) is 10.3 Å². The standard InChI is InChI=1S/C18H21FN2OS2/c19-16-9-5-4-6-13(16)11-23-18-21-15(12-24-18)10-17(22)20-14-7-2-1-3-8-14/h4-6,9,12,14H,1-3,7-8,10-11H2,(H,20,22). The van der Waals surface area contributed by atoms with Crippen LogP contribution in [-0.4, -0.2) is 16.9 Å². The average Bonchev–Trinajstić information content (AvgIpc) is 3.02. The van der Waals surface area contributed by atoms with Crippen molar-refractivity contribution in [3.63, 3.8) is 0 Å². The number of hydrogen-bond donors (Lipinski definition) is 1. The maximum Gasteiger partial charge on any atom is 0.226 e. The predicted octanol–water partition coefficient (Wildman–Crippen LogP) is 4.57. The molecule has 1 aliphatic rings. The lowest BCUT2D eigenvalue weighted by atomic mass is 9.95. The minimum Gasteiger partial charge on any atom is -0.353 e. The zero-order valence-corrected chi connectivity index (χ0v) is 15.1. The van der Waals surface area contributed by atoms with Gasteiger partial charge in [-0.3, -0.25) is 4.79 Å². The van der Waals surface area contributed by atoms with Crippen molar-refractivity contribution >= 4 is 29.0 Å². The number of hydrogen-bond acceptors (Lipinski definition) is 4. The van der Waals surface area contributed by atoms with E-state index in [-0.39, 0.29) is 11.7 Å². The van der Waals surface area contributed by atoms with E-state index in [2.05, 4.69) is 10.3 Å². The molecule has 2 aromatic rings. The summed E-state index contributed by atoms with van der Waals surface area (Å²) in [6.07, 6.45) is 6.20. The molecule has 6 heteroatoms. The summed E-state index contributed by atoms with van der Waals surface area (Å²) in [7, 11) is 0. The van der Waals surface area contributed by atoms with E-state index in [9.17, 15) is 9.18 Å². The summed E-state index contributed by atoms with van der Waals surface area (Å²) in [4.78, 5) is 16.6. The first-order chi connectivity index (χ1) is 11.7. The van der Waals surface area contributed by atoms with Crippen LogP contribution in [0.2, 0.25) is 0 Å². The molecular formula is C18H21FN2OS2. The number of aromatic nitrogens is 1. The molecule has 1 amide bonds. The molecule has 0 spiro atoms. The van der Waals surface area contributed by atoms with Crippen LogP contribution >= 0.6 is 23.1 Å². The monoisotopic (exact) mass is 364 g/mol. The molecule has 3 rings (SSSR count). The Morgan fingerprint density at radius 1 is 1.29 bits per heavy atom. The number of nitrogens with zero attached hydrogens (tertiary/aromatic N) is 1. The third-order valence-electron chi connectivity index (χ3n) is 4.15. The van der Waals surface area contributed by atoms with Crippen molar-refractivity contribution in [3.8, 4) is 0 Å². The van der Waals surface area contributed by atoms with Crippen LogP contribution in [0.15, 0.2) is 34.0 Å². The van der Waals surface area contributed by atoms with Gasteiger partial charge in [0.2, 0.25) is 5.91 Å². The predicted molar refractivity (Wildman–Crippen MR) is 96.8 cm³/mol. The molecule has 0 unspecified atom stereocenters. The molecule has 0 radical (unpaired) electrons. The Morgan fingerprint density at radius 3 is 2.88 bits per heavy atom. The van der Waals surface area contributed by atoms with Gasteiger partial charge < -0.3 is 5.32 Å². The highest BCUT2D eigenvalue weighted by atomic mass is 32.2. The molecule has 1 saturated carbocycles. The van der Waals surface area contributed by atoms with Crippen LogP contribution in [0.1, 0.15) is 43.4 Å². The molecule has 0 aliphatic heterocycles. The fourth-order valence-electron chi connectivity index (χ4n) is 2.88. The van der Waals surface area contributed by atoms with E-state index in [1.165, 1.54) is 48.4 Å². The summed E-state index contributed by atoms with van der Waals surface area (Å²) in [6, 6.07) is 7.12. The van der Waals surface area contributed by atoms with Crippen LogP contribution in [-0.2, 0) is 17.0 Å². The lowest BCUT2D eigenvalue weighted by Gasteiger charge is -2.22. The van der Waals surface area contributed by atoms with Crippen molar-refractivity contribution in [2.24, 2.45) is 0 Å². The lowest BCUT2D eigenvalue weighted by Crippen LogP contribution is -2.37. The van der Waals surface area contributed by atoms with Gasteiger partial charge in [-0.1, -0.05) is 49.2 Å². The molecule has 1 aromatic heterocycles. The maximum absolute atomic E-state index is 13.6. The van der Waals surface area contributed by atoms with Crippen molar-refractivity contribution in [2.75, 3.05) is 0 Å². The molecular weight excluding hydrogens is 343 g/mol. The number of halogens is 1. The van der Waals surface area contributed by atoms with Crippen molar-refractivity contribution in [1.29, 1.82) is 0 Å². The molecule has 3 nitrogen and oxygen atoms in total. The molecule has 1 fully saturated rings. The quantitative estimate of drug-likeness (QED) is 0.764. The second-order valence-electron chi connectivity index (χ2n) is 6.06. The van der Waals surface area contributed by atoms with E-state index in [0.717, 1.165) is 22.9 Å². The van der Waals surface area contributed by atoms with Crippen LogP contribution in [0.3, 0.4) is 0 Å². The molecule has 128 valence electrons. The third-order valence-corrected chi connectivity index (χ3v) is 6.27. The second kappa shape index (κ2) is 8.62. The van der Waals surface area contributed by atoms with Crippen LogP contribution in [0.25, 0.3) is 0 Å². The molecule has 0 saturated heterocycles. The van der Waals surface area contributed by atoms with Gasteiger partial charge in [0.05, 0.1) is 12.1 Å². The highest BCUT2D eigenvalue weighted by molar-refractivity contribution is 8.00. The Hall–Kier alpha value is -1.40. The van der Waals surface area contributed by atoms with Gasteiger partial charge in [-0.05, 0) is 24.5 Å². The van der Waals surface area contributed by atoms with E-state index >= 15 is 0 Å². The van der Waals surface area contributed by atoms with E-state index in [1.54, 1.807) is 12.1 Å². The Kier molecular flexibility index (Phi) is 6.26. The number of carbonyl (C=O) groups is 1. The summed E-state index contributed by atoms with van der Waals surface area (Å²) in [5, 5.41) is 5.03. The van der Waals surface area contributed by atoms with E-state index in [0.29, 0.717) is 23.8 Å². The average molecular weight is 365 g/mol. The van der Waals surface area contributed by atoms with E-state index in [1.807, 2.05) is 11.4 Å². The minimum atomic E-state index is -0.186. The fourth-order valence-corrected chi connectivity index (χ4v) is 4.71. The Balaban J connectivity index is 1.48. The fraction of sp³-hybridized carbons (Fsp3) is 0.444. The number of thiazole rings is 1. The van der Waals surface area contributed by atoms with Crippen molar-refractivity contribution in [3.05, 3.63) is 46.7 Å². The van der Waals surface area contributed by atoms with Gasteiger partial charge in [0.25, 0.3) is 0 Å². The zero-order chi connectivity index (χ0) is 16.8. The van der Waals surface area contributed by atoms with Gasteiger partial charge in [-0.2, -0.15) is 0 Å². The van der Waals surface area contributed by atoms with Gasteiger partial charge >= 0.3 is 0 Å². The largest absolute Gasteiger partial charge is 0.353 e. The smallest absolute Gasteiger partial charge is 0.226 e. The summed E-state index contributed by atoms with van der Waals surface area (Å²) in [5.74, 6) is 0.417. The molecule has 24 heavy (non-hydrogen) atoms. The number of carbonyl (C=O) groups excluding carboxylic acids is 1. The minimum absolute atomic E-state index is 0.0536. The number of amides is 1. The summed E-state index contributed by atoms with van der Waals surface area (Å²) >= 11 is 3.02. The topological polar surface area (TPSA) is 42.0 Å². The van der Waals surface area contributed by atoms with E-state index in [4.69, 9.17) is 0 Å². The van der Waals surface area contributed by atoms with Gasteiger partial charge in [-0.15, -0.1) is 11.3 Å². The highest BCUT2D eigenvalue weighted by Crippen LogP contribution is 2.27. The molecule has 1 N–H and O–H groups in total. The summed E-state index contributed by atoms with van der Waals surface area (Å²) < 4.78 is 14.5. The van der Waals surface area contributed by atoms with Gasteiger partial charge in [0.15, 0.2) is 0 Å². The SMILES string of the molecule is O=C(Cc1csc(SCc2ccccc2F)n1)NC1CCCCC1. The van der Waals surface area contributed by atoms with Gasteiger partial charge in [0, 0.05) is 17.2 Å². The summed E-state index contributed by atoms with van der Waals surface area (Å²) in [5.41, 5.74) is 1.47. The van der Waals surface area contributed by atoms with Gasteiger partial charge in [0.1, 0.15) is 10.2 Å². The molecule has 1 aliphatic carbocycles. The molecule has 0 bridgehead atoms. The van der Waals surface area contributed by atoms with Crippen LogP contribution in [0, 0.1) is 5.82 Å². The van der Waals surface area contributed by atoms with Crippen LogP contribution in [0.5, 0.6) is 0 Å². The van der Waals surface area contributed by atoms with Crippen molar-refractivity contribution in [2.45, 2.75) is 54.7 Å². The Bertz CT molecular complexity index is 683. The van der Waals surface area contributed by atoms with Gasteiger partial charge in [-0.25, -0.2) is 9.37 Å². The Morgan fingerprint density at radius 2 is 2.08 bits per heavy atom. The van der Waals surface area contributed by atoms with Crippen molar-refractivity contribution < 1.29 is 9.18 Å². The first kappa shape index (κ1) is 17.4. The number of benzene rings is 1. The molecule has 0 atom stereocenters. The zero-order valence-electron chi connectivity index (χ0n) is 13.5. The third kappa shape index (κ3) is 5.05. The maximum atomic E-state index is 13.6. The molecule has 1 aromatic carbocycles. The lowest BCUT2D eigenvalue weighted by molar-refractivity contribution is -0.121. The number of nitrogens with one attached hydrogen (secondary N) is 1. The normalized spacial score (nSPS) is 15.4. The summed E-state index contributed by atoms with van der Waals surface area (Å²) in [6.45, 7) is 0.